The molecule has 1 aromatic rings. The van der Waals surface area contributed by atoms with Crippen molar-refractivity contribution >= 4 is 28.6 Å². The summed E-state index contributed by atoms with van der Waals surface area (Å²) >= 11 is 5.39. The number of carbonyl (C=O) groups is 2. The molecule has 1 rings (SSSR count). The van der Waals surface area contributed by atoms with E-state index < -0.39 is 11.3 Å². The van der Waals surface area contributed by atoms with Gasteiger partial charge in [-0.15, -0.1) is 0 Å². The van der Waals surface area contributed by atoms with Gasteiger partial charge in [-0.1, -0.05) is 25.5 Å². The first kappa shape index (κ1) is 13.5. The fourth-order valence-electron chi connectivity index (χ4n) is 1.22. The van der Waals surface area contributed by atoms with Crippen molar-refractivity contribution in [1.82, 2.24) is 0 Å². The maximum absolute atomic E-state index is 11.4. The first-order valence-electron chi connectivity index (χ1n) is 5.37. The molecule has 5 heteroatoms. The average Bonchev–Trinajstić information content (AvgIpc) is 2.29. The molecule has 0 fully saturated rings. The molecule has 1 aromatic carbocycles. The Hall–Kier alpha value is -1.55. The van der Waals surface area contributed by atoms with Crippen molar-refractivity contribution in [2.45, 2.75) is 19.8 Å². The molecule has 1 N–H and O–H groups in total. The summed E-state index contributed by atoms with van der Waals surface area (Å²) in [4.78, 5) is 22.5. The van der Waals surface area contributed by atoms with Gasteiger partial charge in [0.25, 0.3) is 5.24 Å². The quantitative estimate of drug-likeness (QED) is 0.648. The number of amides is 1. The van der Waals surface area contributed by atoms with E-state index in [1.165, 1.54) is 6.07 Å². The molecule has 0 aliphatic carbocycles. The van der Waals surface area contributed by atoms with Gasteiger partial charge in [-0.3, -0.25) is 10.1 Å². The molecule has 0 radical (unpaired) electrons. The van der Waals surface area contributed by atoms with Gasteiger partial charge in [0.05, 0.1) is 17.9 Å². The third-order valence-electron chi connectivity index (χ3n) is 2.11. The van der Waals surface area contributed by atoms with Crippen LogP contribution in [-0.2, 0) is 4.74 Å². The Morgan fingerprint density at radius 3 is 2.71 bits per heavy atom. The van der Waals surface area contributed by atoms with Crippen LogP contribution in [-0.4, -0.2) is 17.9 Å². The lowest BCUT2D eigenvalue weighted by molar-refractivity contribution is 0.108. The van der Waals surface area contributed by atoms with Crippen LogP contribution in [0.2, 0.25) is 0 Å². The Labute approximate surface area is 105 Å². The summed E-state index contributed by atoms with van der Waals surface area (Å²) in [6, 6.07) is 6.50. The number of anilines is 1. The molecule has 0 heterocycles. The molecule has 0 saturated carbocycles. The van der Waals surface area contributed by atoms with E-state index in [0.717, 1.165) is 12.8 Å². The van der Waals surface area contributed by atoms with E-state index >= 15 is 0 Å². The molecule has 0 atom stereocenters. The highest BCUT2D eigenvalue weighted by atomic mass is 35.5. The number of rotatable bonds is 5. The highest BCUT2D eigenvalue weighted by Crippen LogP contribution is 2.17. The summed E-state index contributed by atoms with van der Waals surface area (Å²) < 4.78 is 4.92. The zero-order valence-corrected chi connectivity index (χ0v) is 10.3. The van der Waals surface area contributed by atoms with Gasteiger partial charge >= 0.3 is 6.09 Å². The van der Waals surface area contributed by atoms with Crippen LogP contribution in [0.4, 0.5) is 10.5 Å². The SMILES string of the molecule is CCCCOC(=O)Nc1ccccc1C(=O)Cl. The molecule has 0 aromatic heterocycles. The third-order valence-corrected chi connectivity index (χ3v) is 2.31. The lowest BCUT2D eigenvalue weighted by Crippen LogP contribution is -2.15. The van der Waals surface area contributed by atoms with E-state index in [9.17, 15) is 9.59 Å². The Morgan fingerprint density at radius 1 is 1.35 bits per heavy atom. The lowest BCUT2D eigenvalue weighted by atomic mass is 10.2. The van der Waals surface area contributed by atoms with E-state index in [0.29, 0.717) is 12.3 Å². The number of para-hydroxylation sites is 1. The second-order valence-electron chi connectivity index (χ2n) is 3.43. The van der Waals surface area contributed by atoms with Crippen LogP contribution in [0, 0.1) is 0 Å². The van der Waals surface area contributed by atoms with Crippen molar-refractivity contribution in [2.75, 3.05) is 11.9 Å². The summed E-state index contributed by atoms with van der Waals surface area (Å²) in [5.41, 5.74) is 0.607. The van der Waals surface area contributed by atoms with Gasteiger partial charge in [0, 0.05) is 0 Å². The highest BCUT2D eigenvalue weighted by Gasteiger charge is 2.11. The fraction of sp³-hybridized carbons (Fsp3) is 0.333. The number of unbranched alkanes of at least 4 members (excludes halogenated alkanes) is 1. The van der Waals surface area contributed by atoms with Crippen LogP contribution < -0.4 is 5.32 Å². The zero-order chi connectivity index (χ0) is 12.7. The van der Waals surface area contributed by atoms with Crippen molar-refractivity contribution in [3.8, 4) is 0 Å². The molecule has 1 amide bonds. The Morgan fingerprint density at radius 2 is 2.06 bits per heavy atom. The van der Waals surface area contributed by atoms with Crippen molar-refractivity contribution < 1.29 is 14.3 Å². The van der Waals surface area contributed by atoms with Crippen LogP contribution in [0.5, 0.6) is 0 Å². The Bertz CT molecular complexity index is 406. The van der Waals surface area contributed by atoms with Crippen LogP contribution in [0.15, 0.2) is 24.3 Å². The minimum Gasteiger partial charge on any atom is -0.449 e. The van der Waals surface area contributed by atoms with E-state index in [1.54, 1.807) is 18.2 Å². The largest absolute Gasteiger partial charge is 0.449 e. The van der Waals surface area contributed by atoms with Crippen LogP contribution >= 0.6 is 11.6 Å². The first-order chi connectivity index (χ1) is 8.15. The second kappa shape index (κ2) is 6.91. The van der Waals surface area contributed by atoms with E-state index in [1.807, 2.05) is 6.92 Å². The van der Waals surface area contributed by atoms with Gasteiger partial charge in [0.2, 0.25) is 0 Å². The summed E-state index contributed by atoms with van der Waals surface area (Å²) in [5.74, 6) is 0. The normalized spacial score (nSPS) is 9.76. The molecule has 0 aliphatic heterocycles. The van der Waals surface area contributed by atoms with Crippen molar-refractivity contribution in [3.63, 3.8) is 0 Å². The molecule has 92 valence electrons. The summed E-state index contributed by atoms with van der Waals surface area (Å²) in [6.07, 6.45) is 1.18. The van der Waals surface area contributed by atoms with Gasteiger partial charge < -0.3 is 4.74 Å². The van der Waals surface area contributed by atoms with Gasteiger partial charge in [-0.05, 0) is 30.2 Å². The molecule has 0 saturated heterocycles. The average molecular weight is 256 g/mol. The van der Waals surface area contributed by atoms with Crippen molar-refractivity contribution in [2.24, 2.45) is 0 Å². The standard InChI is InChI=1S/C12H14ClNO3/c1-2-3-8-17-12(16)14-10-7-5-4-6-9(10)11(13)15/h4-7H,2-3,8H2,1H3,(H,14,16). The van der Waals surface area contributed by atoms with E-state index in [4.69, 9.17) is 16.3 Å². The minimum absolute atomic E-state index is 0.251. The number of hydrogen-bond donors (Lipinski definition) is 1. The number of halogens is 1. The van der Waals surface area contributed by atoms with E-state index in [-0.39, 0.29) is 5.56 Å². The number of hydrogen-bond acceptors (Lipinski definition) is 3. The number of carbonyl (C=O) groups excluding carboxylic acids is 2. The second-order valence-corrected chi connectivity index (χ2v) is 3.78. The van der Waals surface area contributed by atoms with Crippen LogP contribution in [0.25, 0.3) is 0 Å². The smallest absolute Gasteiger partial charge is 0.411 e. The molecular weight excluding hydrogens is 242 g/mol. The van der Waals surface area contributed by atoms with Crippen molar-refractivity contribution in [1.29, 1.82) is 0 Å². The highest BCUT2D eigenvalue weighted by molar-refractivity contribution is 6.68. The summed E-state index contributed by atoms with van der Waals surface area (Å²) in [7, 11) is 0. The zero-order valence-electron chi connectivity index (χ0n) is 9.53. The lowest BCUT2D eigenvalue weighted by Gasteiger charge is -2.08. The third kappa shape index (κ3) is 4.44. The summed E-state index contributed by atoms with van der Waals surface area (Å²) in [6.45, 7) is 2.36. The van der Waals surface area contributed by atoms with E-state index in [2.05, 4.69) is 5.32 Å². The topological polar surface area (TPSA) is 55.4 Å². The molecular formula is C12H14ClNO3. The molecule has 4 nitrogen and oxygen atoms in total. The molecule has 0 spiro atoms. The molecule has 0 unspecified atom stereocenters. The van der Waals surface area contributed by atoms with Gasteiger partial charge in [0.15, 0.2) is 0 Å². The number of benzene rings is 1. The molecule has 17 heavy (non-hydrogen) atoms. The van der Waals surface area contributed by atoms with Crippen LogP contribution in [0.1, 0.15) is 30.1 Å². The van der Waals surface area contributed by atoms with Gasteiger partial charge in [-0.2, -0.15) is 0 Å². The predicted octanol–water partition coefficient (Wildman–Crippen LogP) is 3.41. The molecule has 0 bridgehead atoms. The van der Waals surface area contributed by atoms with Crippen LogP contribution in [0.3, 0.4) is 0 Å². The Kier molecular flexibility index (Phi) is 5.49. The maximum Gasteiger partial charge on any atom is 0.411 e. The predicted molar refractivity (Wildman–Crippen MR) is 66.5 cm³/mol. The van der Waals surface area contributed by atoms with Crippen molar-refractivity contribution in [3.05, 3.63) is 29.8 Å². The Balaban J connectivity index is 2.61. The number of nitrogens with one attached hydrogen (secondary N) is 1. The number of ether oxygens (including phenoxy) is 1. The maximum atomic E-state index is 11.4. The molecule has 0 aliphatic rings. The summed E-state index contributed by atoms with van der Waals surface area (Å²) in [5, 5.41) is 1.87. The monoisotopic (exact) mass is 255 g/mol. The fourth-order valence-corrected chi connectivity index (χ4v) is 1.38. The first-order valence-corrected chi connectivity index (χ1v) is 5.75. The van der Waals surface area contributed by atoms with Gasteiger partial charge in [-0.25, -0.2) is 4.79 Å². The minimum atomic E-state index is -0.616. The van der Waals surface area contributed by atoms with Gasteiger partial charge in [0.1, 0.15) is 0 Å².